The molecule has 0 spiro atoms. The summed E-state index contributed by atoms with van der Waals surface area (Å²) in [7, 11) is -10.6. The Kier molecular flexibility index (Phi) is 11.8. The van der Waals surface area contributed by atoms with Crippen LogP contribution < -0.4 is 28.6 Å². The molecule has 0 radical (unpaired) electrons. The molecule has 3 aliphatic rings. The Morgan fingerprint density at radius 3 is 1.84 bits per heavy atom. The van der Waals surface area contributed by atoms with Crippen LogP contribution in [0.4, 0.5) is 17.5 Å². The second-order valence-electron chi connectivity index (χ2n) is 13.1. The number of rotatable bonds is 14. The summed E-state index contributed by atoms with van der Waals surface area (Å²) < 4.78 is 67.2. The van der Waals surface area contributed by atoms with Crippen molar-refractivity contribution in [2.45, 2.75) is 73.9 Å². The average molecular weight is 862 g/mol. The van der Waals surface area contributed by atoms with Crippen LogP contribution in [0.2, 0.25) is 0 Å². The fourth-order valence-electron chi connectivity index (χ4n) is 6.50. The van der Waals surface area contributed by atoms with Crippen LogP contribution in [0, 0.1) is 0 Å². The van der Waals surface area contributed by atoms with E-state index in [-0.39, 0.29) is 29.4 Å². The van der Waals surface area contributed by atoms with Crippen molar-refractivity contribution in [3.05, 3.63) is 58.1 Å². The van der Waals surface area contributed by atoms with Crippen LogP contribution >= 0.6 is 15.6 Å². The van der Waals surface area contributed by atoms with Crippen LogP contribution in [-0.2, 0) is 41.4 Å². The second kappa shape index (κ2) is 16.4. The highest BCUT2D eigenvalue weighted by Gasteiger charge is 2.52. The third-order valence-electron chi connectivity index (χ3n) is 9.27. The van der Waals surface area contributed by atoms with Crippen LogP contribution in [0.1, 0.15) is 25.1 Å². The van der Waals surface area contributed by atoms with Crippen molar-refractivity contribution in [3.63, 3.8) is 0 Å². The number of aliphatic hydroxyl groups excluding tert-OH is 4. The third-order valence-corrected chi connectivity index (χ3v) is 11.2. The minimum Gasteiger partial charge on any atom is -0.394 e. The van der Waals surface area contributed by atoms with Crippen molar-refractivity contribution in [2.24, 2.45) is 0 Å². The lowest BCUT2D eigenvalue weighted by atomic mass is 10.1. The van der Waals surface area contributed by atoms with Crippen molar-refractivity contribution in [3.8, 4) is 0 Å². The number of nitrogens with two attached hydrogens (primary N) is 3. The zero-order valence-corrected chi connectivity index (χ0v) is 31.3. The van der Waals surface area contributed by atoms with E-state index in [1.165, 1.54) is 29.4 Å². The molecule has 28 nitrogen and oxygen atoms in total. The number of ether oxygens (including phenoxy) is 3. The quantitative estimate of drug-likeness (QED) is 0.0550. The van der Waals surface area contributed by atoms with Crippen LogP contribution in [0.25, 0.3) is 11.2 Å². The first-order valence-electron chi connectivity index (χ1n) is 17.0. The first-order chi connectivity index (χ1) is 27.4. The number of phosphoric ester groups is 2. The van der Waals surface area contributed by atoms with Crippen molar-refractivity contribution in [1.82, 2.24) is 38.6 Å². The maximum atomic E-state index is 13.3. The van der Waals surface area contributed by atoms with Gasteiger partial charge in [0.15, 0.2) is 23.9 Å². The molecule has 0 amide bonds. The van der Waals surface area contributed by atoms with E-state index in [1.54, 1.807) is 0 Å². The molecule has 3 aliphatic heterocycles. The molecule has 316 valence electrons. The summed E-state index contributed by atoms with van der Waals surface area (Å²) in [5.41, 5.74) is 15.5. The van der Waals surface area contributed by atoms with E-state index in [0.29, 0.717) is 5.65 Å². The van der Waals surface area contributed by atoms with Gasteiger partial charge in [-0.2, -0.15) is 9.97 Å². The molecule has 3 fully saturated rings. The van der Waals surface area contributed by atoms with Gasteiger partial charge in [0.25, 0.3) is 0 Å². The fraction of sp³-hybridized carbons (Fsp3) is 0.536. The maximum absolute atomic E-state index is 13.3. The Morgan fingerprint density at radius 2 is 1.29 bits per heavy atom. The zero-order chi connectivity index (χ0) is 41.7. The highest BCUT2D eigenvalue weighted by atomic mass is 31.2. The number of nitrogens with zero attached hydrogens (tertiary/aromatic N) is 8. The smallest absolute Gasteiger partial charge is 0.394 e. The van der Waals surface area contributed by atoms with E-state index in [0.717, 1.165) is 21.5 Å². The van der Waals surface area contributed by atoms with E-state index < -0.39 is 114 Å². The van der Waals surface area contributed by atoms with Gasteiger partial charge in [-0.1, -0.05) is 0 Å². The summed E-state index contributed by atoms with van der Waals surface area (Å²) in [5, 5.41) is 42.7. The van der Waals surface area contributed by atoms with E-state index in [2.05, 4.69) is 24.9 Å². The lowest BCUT2D eigenvalue weighted by Gasteiger charge is -2.25. The summed E-state index contributed by atoms with van der Waals surface area (Å²) in [6.07, 6.45) is -12.6. The molecule has 0 aliphatic carbocycles. The number of aromatic nitrogens is 8. The van der Waals surface area contributed by atoms with Gasteiger partial charge in [-0.05, 0) is 12.1 Å². The third kappa shape index (κ3) is 8.53. The normalized spacial score (nSPS) is 32.1. The first kappa shape index (κ1) is 41.8. The van der Waals surface area contributed by atoms with Gasteiger partial charge in [-0.3, -0.25) is 31.8 Å². The Morgan fingerprint density at radius 1 is 0.759 bits per heavy atom. The minimum atomic E-state index is -5.32. The molecule has 4 aromatic heterocycles. The fourth-order valence-corrected chi connectivity index (χ4v) is 8.43. The monoisotopic (exact) mass is 861 g/mol. The molecule has 2 unspecified atom stereocenters. The molecule has 0 saturated carbocycles. The standard InChI is InChI=1S/C28H37N11O17P2/c29-15-1-3-37(27(44)35-15)25-19(42)21(12(6-40)53-25)55-58(48,49)51-8-14-22(20(43)26(54-14)38-4-2-16(30)36-28(38)45)56-57(46,47)50-7-13-11(41)5-17(52-13)39-10-34-18-23(31)32-9-33-24(18)39/h1-4,9-14,17,19-22,25-26,40-43H,5-8H2,(H,46,47)(H,48,49)(H2,29,35,44)(H2,30,36,45)(H2,31,32,33)/t11-,12+,13+,14+,17+,19+,20+,21+,22+,25+,26+/m0/s1. The van der Waals surface area contributed by atoms with Crippen LogP contribution in [0.3, 0.4) is 0 Å². The molecular weight excluding hydrogens is 824 g/mol. The average Bonchev–Trinajstić information content (AvgIpc) is 3.91. The number of nitrogen functional groups attached to an aromatic ring is 3. The summed E-state index contributed by atoms with van der Waals surface area (Å²) >= 11 is 0. The molecule has 3 saturated heterocycles. The Hall–Kier alpha value is -4.35. The molecule has 12 N–H and O–H groups in total. The molecule has 58 heavy (non-hydrogen) atoms. The minimum absolute atomic E-state index is 0.0231. The van der Waals surface area contributed by atoms with Gasteiger partial charge in [0.1, 0.15) is 72.4 Å². The number of fused-ring (bicyclic) bond motifs is 1. The lowest BCUT2D eigenvalue weighted by molar-refractivity contribution is -0.0629. The van der Waals surface area contributed by atoms with E-state index in [4.69, 9.17) is 49.5 Å². The largest absolute Gasteiger partial charge is 0.472 e. The topological polar surface area (TPSA) is 412 Å². The highest BCUT2D eigenvalue weighted by Crippen LogP contribution is 2.52. The maximum Gasteiger partial charge on any atom is 0.472 e. The number of aliphatic hydroxyl groups is 4. The van der Waals surface area contributed by atoms with Crippen molar-refractivity contribution >= 4 is 44.3 Å². The number of hydrogen-bond acceptors (Lipinski definition) is 23. The summed E-state index contributed by atoms with van der Waals surface area (Å²) in [5.74, 6) is -0.226. The van der Waals surface area contributed by atoms with Gasteiger partial charge in [0.05, 0.1) is 32.3 Å². The van der Waals surface area contributed by atoms with E-state index in [9.17, 15) is 48.9 Å². The van der Waals surface area contributed by atoms with Gasteiger partial charge in [-0.25, -0.2) is 33.7 Å². The molecule has 7 rings (SSSR count). The summed E-state index contributed by atoms with van der Waals surface area (Å²) in [6, 6.07) is 2.39. The summed E-state index contributed by atoms with van der Waals surface area (Å²) in [6.45, 7) is -2.66. The molecule has 30 heteroatoms. The number of imidazole rings is 1. The Bertz CT molecular complexity index is 2350. The van der Waals surface area contributed by atoms with Gasteiger partial charge in [0.2, 0.25) is 0 Å². The molecule has 13 atom stereocenters. The second-order valence-corrected chi connectivity index (χ2v) is 15.9. The molecular formula is C28H37N11O17P2. The van der Waals surface area contributed by atoms with Gasteiger partial charge in [0, 0.05) is 18.8 Å². The van der Waals surface area contributed by atoms with Crippen molar-refractivity contribution in [1.29, 1.82) is 0 Å². The number of hydrogen-bond donors (Lipinski definition) is 9. The molecule has 0 bridgehead atoms. The van der Waals surface area contributed by atoms with Crippen molar-refractivity contribution < 1.29 is 71.6 Å². The van der Waals surface area contributed by atoms with Gasteiger partial charge >= 0.3 is 27.0 Å². The first-order valence-corrected chi connectivity index (χ1v) is 20.0. The predicted octanol–water partition coefficient (Wildman–Crippen LogP) is -3.75. The Labute approximate surface area is 323 Å². The number of phosphoric acid groups is 2. The van der Waals surface area contributed by atoms with Crippen LogP contribution in [0.5, 0.6) is 0 Å². The van der Waals surface area contributed by atoms with E-state index >= 15 is 0 Å². The highest BCUT2D eigenvalue weighted by molar-refractivity contribution is 7.47. The molecule has 4 aromatic rings. The van der Waals surface area contributed by atoms with E-state index in [1.807, 2.05) is 0 Å². The van der Waals surface area contributed by atoms with Crippen LogP contribution in [-0.4, -0.2) is 137 Å². The van der Waals surface area contributed by atoms with Crippen LogP contribution in [0.15, 0.2) is 46.8 Å². The van der Waals surface area contributed by atoms with Crippen molar-refractivity contribution in [2.75, 3.05) is 37.0 Å². The summed E-state index contributed by atoms with van der Waals surface area (Å²) in [4.78, 5) is 65.7. The Balaban J connectivity index is 1.04. The lowest BCUT2D eigenvalue weighted by Crippen LogP contribution is -2.38. The predicted molar refractivity (Wildman–Crippen MR) is 188 cm³/mol. The molecule has 0 aromatic carbocycles. The molecule has 7 heterocycles. The van der Waals surface area contributed by atoms with Gasteiger partial charge < -0.3 is 61.6 Å². The zero-order valence-electron chi connectivity index (χ0n) is 29.5. The van der Waals surface area contributed by atoms with Gasteiger partial charge in [-0.15, -0.1) is 0 Å². The SMILES string of the molecule is Nc1ccn([C@@H]2O[C@H](CO)[C@@H](OP(=O)(O)OC[C@H]3O[C@@H](n4ccc(N)nc4=O)[C@H](O)[C@@H]3OP(=O)(O)OC[C@H]3O[C@@H](n4cnc5c(N)ncnc54)C[C@@H]3O)[C@H]2O)c(=O)n1. The number of anilines is 3.